The predicted octanol–water partition coefficient (Wildman–Crippen LogP) is 4.58. The predicted molar refractivity (Wildman–Crippen MR) is 73.9 cm³/mol. The Morgan fingerprint density at radius 3 is 2.68 bits per heavy atom. The summed E-state index contributed by atoms with van der Waals surface area (Å²) in [5.74, 6) is -0.769. The van der Waals surface area contributed by atoms with Gasteiger partial charge in [0.1, 0.15) is 17.2 Å². The zero-order chi connectivity index (χ0) is 13.6. The van der Waals surface area contributed by atoms with Crippen molar-refractivity contribution in [2.75, 3.05) is 0 Å². The van der Waals surface area contributed by atoms with E-state index in [4.69, 9.17) is 0 Å². The molecule has 3 aromatic rings. The van der Waals surface area contributed by atoms with E-state index in [9.17, 15) is 8.78 Å². The molecule has 0 bridgehead atoms. The van der Waals surface area contributed by atoms with Gasteiger partial charge in [-0.2, -0.15) is 0 Å². The van der Waals surface area contributed by atoms with Crippen LogP contribution in [0.3, 0.4) is 0 Å². The summed E-state index contributed by atoms with van der Waals surface area (Å²) in [5.41, 5.74) is 2.41. The van der Waals surface area contributed by atoms with Crippen molar-refractivity contribution in [1.29, 1.82) is 0 Å². The molecule has 1 N–H and O–H groups in total. The van der Waals surface area contributed by atoms with Gasteiger partial charge in [0.25, 0.3) is 0 Å². The van der Waals surface area contributed by atoms with Crippen LogP contribution in [0, 0.1) is 18.6 Å². The van der Waals surface area contributed by atoms with Crippen molar-refractivity contribution < 1.29 is 8.78 Å². The fourth-order valence-corrected chi connectivity index (χ4v) is 2.30. The summed E-state index contributed by atoms with van der Waals surface area (Å²) in [5, 5.41) is 0. The highest BCUT2D eigenvalue weighted by atomic mass is 79.9. The molecule has 1 aromatic heterocycles. The monoisotopic (exact) mass is 322 g/mol. The average Bonchev–Trinajstić information content (AvgIpc) is 2.76. The number of halogens is 3. The Morgan fingerprint density at radius 1 is 1.16 bits per heavy atom. The molecule has 0 aliphatic rings. The summed E-state index contributed by atoms with van der Waals surface area (Å²) in [4.78, 5) is 7.10. The van der Waals surface area contributed by atoms with Gasteiger partial charge in [-0.05, 0) is 24.6 Å². The molecule has 0 fully saturated rings. The maximum absolute atomic E-state index is 13.6. The third-order valence-corrected chi connectivity index (χ3v) is 3.80. The minimum atomic E-state index is -0.663. The van der Waals surface area contributed by atoms with E-state index < -0.39 is 11.6 Å². The Labute approximate surface area is 116 Å². The molecule has 0 radical (unpaired) electrons. The molecule has 0 aliphatic heterocycles. The number of H-pyrrole nitrogens is 1. The lowest BCUT2D eigenvalue weighted by Crippen LogP contribution is -1.83. The molecule has 1 heterocycles. The number of hydrogen-bond donors (Lipinski definition) is 1. The highest BCUT2D eigenvalue weighted by molar-refractivity contribution is 9.10. The second kappa shape index (κ2) is 4.42. The molecular formula is C14H9BrF2N2. The van der Waals surface area contributed by atoms with Gasteiger partial charge in [-0.1, -0.05) is 28.1 Å². The molecule has 2 aromatic carbocycles. The molecule has 0 atom stereocenters. The maximum Gasteiger partial charge on any atom is 0.153 e. The molecule has 2 nitrogen and oxygen atoms in total. The lowest BCUT2D eigenvalue weighted by Gasteiger charge is -2.00. The van der Waals surface area contributed by atoms with E-state index in [-0.39, 0.29) is 5.52 Å². The molecule has 0 amide bonds. The van der Waals surface area contributed by atoms with E-state index >= 15 is 0 Å². The fraction of sp³-hybridized carbons (Fsp3) is 0.0714. The number of aromatic amines is 1. The van der Waals surface area contributed by atoms with E-state index in [1.54, 1.807) is 0 Å². The van der Waals surface area contributed by atoms with Crippen LogP contribution >= 0.6 is 15.9 Å². The van der Waals surface area contributed by atoms with Crippen molar-refractivity contribution in [2.45, 2.75) is 6.92 Å². The number of nitrogens with one attached hydrogen (secondary N) is 1. The topological polar surface area (TPSA) is 28.7 Å². The fourth-order valence-electron chi connectivity index (χ4n) is 1.92. The average molecular weight is 323 g/mol. The first-order chi connectivity index (χ1) is 9.04. The Morgan fingerprint density at radius 2 is 1.95 bits per heavy atom. The first-order valence-electron chi connectivity index (χ1n) is 5.66. The van der Waals surface area contributed by atoms with Gasteiger partial charge in [0.15, 0.2) is 5.82 Å². The van der Waals surface area contributed by atoms with Crippen LogP contribution in [-0.2, 0) is 0 Å². The summed E-state index contributed by atoms with van der Waals surface area (Å²) < 4.78 is 27.7. The first kappa shape index (κ1) is 12.3. The number of rotatable bonds is 1. The van der Waals surface area contributed by atoms with Crippen molar-refractivity contribution in [3.63, 3.8) is 0 Å². The van der Waals surface area contributed by atoms with Gasteiger partial charge in [-0.15, -0.1) is 0 Å². The Kier molecular flexibility index (Phi) is 2.86. The van der Waals surface area contributed by atoms with E-state index in [1.807, 2.05) is 25.1 Å². The highest BCUT2D eigenvalue weighted by Crippen LogP contribution is 2.26. The third-order valence-electron chi connectivity index (χ3n) is 2.95. The van der Waals surface area contributed by atoms with E-state index in [0.717, 1.165) is 21.7 Å². The molecule has 0 aliphatic carbocycles. The van der Waals surface area contributed by atoms with E-state index in [0.29, 0.717) is 11.3 Å². The van der Waals surface area contributed by atoms with Crippen molar-refractivity contribution >= 4 is 27.0 Å². The number of benzene rings is 2. The van der Waals surface area contributed by atoms with Crippen molar-refractivity contribution in [2.24, 2.45) is 0 Å². The van der Waals surface area contributed by atoms with Gasteiger partial charge in [-0.25, -0.2) is 13.8 Å². The largest absolute Gasteiger partial charge is 0.338 e. The lowest BCUT2D eigenvalue weighted by atomic mass is 10.1. The number of aromatic nitrogens is 2. The van der Waals surface area contributed by atoms with Gasteiger partial charge in [0.05, 0.1) is 5.52 Å². The van der Waals surface area contributed by atoms with Crippen LogP contribution in [0.15, 0.2) is 34.8 Å². The normalized spacial score (nSPS) is 11.2. The number of nitrogens with zero attached hydrogens (tertiary/aromatic N) is 1. The van der Waals surface area contributed by atoms with Crippen LogP contribution in [0.2, 0.25) is 0 Å². The lowest BCUT2D eigenvalue weighted by molar-refractivity contribution is 0.591. The quantitative estimate of drug-likeness (QED) is 0.698. The Bertz CT molecular complexity index is 780. The van der Waals surface area contributed by atoms with Gasteiger partial charge in [0.2, 0.25) is 0 Å². The van der Waals surface area contributed by atoms with Crippen LogP contribution in [0.25, 0.3) is 22.4 Å². The zero-order valence-corrected chi connectivity index (χ0v) is 11.6. The Hall–Kier alpha value is -1.75. The Balaban J connectivity index is 2.20. The molecule has 5 heteroatoms. The second-order valence-electron chi connectivity index (χ2n) is 4.33. The molecule has 0 saturated heterocycles. The second-order valence-corrected chi connectivity index (χ2v) is 5.19. The summed E-state index contributed by atoms with van der Waals surface area (Å²) >= 11 is 3.44. The molecule has 0 spiro atoms. The van der Waals surface area contributed by atoms with E-state index in [2.05, 4.69) is 25.9 Å². The van der Waals surface area contributed by atoms with Gasteiger partial charge in [0, 0.05) is 16.1 Å². The minimum Gasteiger partial charge on any atom is -0.338 e. The molecule has 3 rings (SSSR count). The molecule has 0 unspecified atom stereocenters. The first-order valence-corrected chi connectivity index (χ1v) is 6.45. The van der Waals surface area contributed by atoms with Crippen LogP contribution in [0.4, 0.5) is 8.78 Å². The summed E-state index contributed by atoms with van der Waals surface area (Å²) in [6.07, 6.45) is 0. The van der Waals surface area contributed by atoms with E-state index in [1.165, 1.54) is 6.07 Å². The molecule has 96 valence electrons. The number of fused-ring (bicyclic) bond motifs is 1. The smallest absolute Gasteiger partial charge is 0.153 e. The summed E-state index contributed by atoms with van der Waals surface area (Å²) in [7, 11) is 0. The van der Waals surface area contributed by atoms with Crippen LogP contribution < -0.4 is 0 Å². The third kappa shape index (κ3) is 2.14. The maximum atomic E-state index is 13.6. The summed E-state index contributed by atoms with van der Waals surface area (Å²) in [6.45, 7) is 1.97. The zero-order valence-electron chi connectivity index (χ0n) is 9.97. The van der Waals surface area contributed by atoms with Gasteiger partial charge in [-0.3, -0.25) is 0 Å². The summed E-state index contributed by atoms with van der Waals surface area (Å²) in [6, 6.07) is 7.77. The van der Waals surface area contributed by atoms with Crippen molar-refractivity contribution in [3.8, 4) is 11.4 Å². The number of aryl methyl sites for hydroxylation is 1. The van der Waals surface area contributed by atoms with Crippen molar-refractivity contribution in [1.82, 2.24) is 9.97 Å². The molecule has 19 heavy (non-hydrogen) atoms. The highest BCUT2D eigenvalue weighted by Gasteiger charge is 2.11. The van der Waals surface area contributed by atoms with Gasteiger partial charge < -0.3 is 4.98 Å². The van der Waals surface area contributed by atoms with Crippen molar-refractivity contribution in [3.05, 3.63) is 52.0 Å². The van der Waals surface area contributed by atoms with Gasteiger partial charge >= 0.3 is 0 Å². The van der Waals surface area contributed by atoms with Crippen LogP contribution in [0.1, 0.15) is 5.56 Å². The SMILES string of the molecule is Cc1ccc(-c2nc3c(F)cc(F)cc3[nH]2)cc1Br. The molecule has 0 saturated carbocycles. The number of hydrogen-bond acceptors (Lipinski definition) is 1. The van der Waals surface area contributed by atoms with Crippen LogP contribution in [0.5, 0.6) is 0 Å². The standard InChI is InChI=1S/C14H9BrF2N2/c1-7-2-3-8(4-10(7)15)14-18-12-6-9(16)5-11(17)13(12)19-14/h2-6H,1H3,(H,18,19). The minimum absolute atomic E-state index is 0.146. The van der Waals surface area contributed by atoms with Crippen LogP contribution in [-0.4, -0.2) is 9.97 Å². The number of imidazole rings is 1. The molecular weight excluding hydrogens is 314 g/mol.